The van der Waals surface area contributed by atoms with Crippen LogP contribution in [-0.4, -0.2) is 22.9 Å². The molecule has 0 radical (unpaired) electrons. The van der Waals surface area contributed by atoms with Gasteiger partial charge in [-0.2, -0.15) is 0 Å². The second kappa shape index (κ2) is 6.05. The van der Waals surface area contributed by atoms with Crippen molar-refractivity contribution in [2.75, 3.05) is 0 Å². The first-order chi connectivity index (χ1) is 10.7. The van der Waals surface area contributed by atoms with Gasteiger partial charge in [0.1, 0.15) is 11.9 Å². The van der Waals surface area contributed by atoms with Crippen molar-refractivity contribution in [3.05, 3.63) is 60.1 Å². The Morgan fingerprint density at radius 3 is 2.64 bits per heavy atom. The predicted octanol–water partition coefficient (Wildman–Crippen LogP) is 3.32. The summed E-state index contributed by atoms with van der Waals surface area (Å²) in [6.07, 6.45) is 1.26. The van der Waals surface area contributed by atoms with Crippen molar-refractivity contribution < 1.29 is 18.7 Å². The van der Waals surface area contributed by atoms with Gasteiger partial charge in [-0.25, -0.2) is 9.69 Å². The van der Waals surface area contributed by atoms with Gasteiger partial charge in [0.25, 0.3) is 0 Å². The number of aryl methyl sites for hydroxylation is 1. The van der Waals surface area contributed by atoms with E-state index in [2.05, 4.69) is 0 Å². The van der Waals surface area contributed by atoms with Gasteiger partial charge in [0.05, 0.1) is 12.3 Å². The van der Waals surface area contributed by atoms with Gasteiger partial charge in [-0.1, -0.05) is 30.3 Å². The van der Waals surface area contributed by atoms with E-state index in [0.29, 0.717) is 6.42 Å². The van der Waals surface area contributed by atoms with Gasteiger partial charge in [-0.05, 0) is 24.6 Å². The summed E-state index contributed by atoms with van der Waals surface area (Å²) < 4.78 is 10.6. The first kappa shape index (κ1) is 14.4. The zero-order valence-corrected chi connectivity index (χ0v) is 12.3. The number of imide groups is 1. The van der Waals surface area contributed by atoms with E-state index in [-0.39, 0.29) is 18.4 Å². The van der Waals surface area contributed by atoms with Crippen LogP contribution in [-0.2, 0) is 16.0 Å². The summed E-state index contributed by atoms with van der Waals surface area (Å²) >= 11 is 0. The molecule has 2 atom stereocenters. The topological polar surface area (TPSA) is 59.8 Å². The maximum atomic E-state index is 12.3. The number of ether oxygens (including phenoxy) is 1. The fourth-order valence-corrected chi connectivity index (χ4v) is 2.69. The molecule has 0 spiro atoms. The van der Waals surface area contributed by atoms with Crippen LogP contribution in [0.25, 0.3) is 0 Å². The molecule has 2 amide bonds. The number of carbonyl (C=O) groups is 2. The van der Waals surface area contributed by atoms with Gasteiger partial charge in [-0.3, -0.25) is 4.79 Å². The molecule has 1 aromatic carbocycles. The Labute approximate surface area is 128 Å². The van der Waals surface area contributed by atoms with E-state index in [9.17, 15) is 9.59 Å². The Hall–Kier alpha value is -2.56. The predicted molar refractivity (Wildman–Crippen MR) is 79.0 cm³/mol. The summed E-state index contributed by atoms with van der Waals surface area (Å²) in [4.78, 5) is 25.6. The highest BCUT2D eigenvalue weighted by Gasteiger charge is 2.42. The standard InChI is InChI=1S/C17H17NO4/c1-12-16(13-6-3-2-4-7-13)22-17(20)18(12)15(19)10-9-14-8-5-11-21-14/h2-8,11-12,16H,9-10H2,1H3/t12-,16-/m0/s1. The number of nitrogens with zero attached hydrogens (tertiary/aromatic N) is 1. The lowest BCUT2D eigenvalue weighted by molar-refractivity contribution is -0.129. The summed E-state index contributed by atoms with van der Waals surface area (Å²) in [6, 6.07) is 12.7. The molecule has 2 heterocycles. The molecule has 114 valence electrons. The lowest BCUT2D eigenvalue weighted by Gasteiger charge is -2.19. The summed E-state index contributed by atoms with van der Waals surface area (Å²) in [5, 5.41) is 0. The Kier molecular flexibility index (Phi) is 3.96. The van der Waals surface area contributed by atoms with Crippen LogP contribution in [0.1, 0.15) is 30.8 Å². The van der Waals surface area contributed by atoms with Crippen LogP contribution in [0.3, 0.4) is 0 Å². The highest BCUT2D eigenvalue weighted by Crippen LogP contribution is 2.32. The molecular weight excluding hydrogens is 282 g/mol. The molecule has 0 unspecified atom stereocenters. The lowest BCUT2D eigenvalue weighted by atomic mass is 10.0. The van der Waals surface area contributed by atoms with E-state index in [0.717, 1.165) is 11.3 Å². The lowest BCUT2D eigenvalue weighted by Crippen LogP contribution is -2.37. The molecule has 5 heteroatoms. The van der Waals surface area contributed by atoms with E-state index in [1.807, 2.05) is 43.3 Å². The van der Waals surface area contributed by atoms with Crippen molar-refractivity contribution in [1.82, 2.24) is 4.90 Å². The van der Waals surface area contributed by atoms with E-state index < -0.39 is 12.2 Å². The highest BCUT2D eigenvalue weighted by atomic mass is 16.6. The number of carbonyl (C=O) groups excluding carboxylic acids is 2. The number of furan rings is 1. The zero-order chi connectivity index (χ0) is 15.5. The maximum absolute atomic E-state index is 12.3. The second-order valence-electron chi connectivity index (χ2n) is 5.30. The van der Waals surface area contributed by atoms with E-state index >= 15 is 0 Å². The zero-order valence-electron chi connectivity index (χ0n) is 12.3. The van der Waals surface area contributed by atoms with Crippen molar-refractivity contribution in [3.8, 4) is 0 Å². The largest absolute Gasteiger partial charge is 0.469 e. The minimum absolute atomic E-state index is 0.217. The number of hydrogen-bond acceptors (Lipinski definition) is 4. The van der Waals surface area contributed by atoms with Crippen molar-refractivity contribution in [3.63, 3.8) is 0 Å². The molecule has 1 aliphatic rings. The van der Waals surface area contributed by atoms with Crippen molar-refractivity contribution in [2.24, 2.45) is 0 Å². The molecule has 1 saturated heterocycles. The second-order valence-corrected chi connectivity index (χ2v) is 5.30. The summed E-state index contributed by atoms with van der Waals surface area (Å²) in [5.41, 5.74) is 0.893. The van der Waals surface area contributed by atoms with E-state index in [4.69, 9.17) is 9.15 Å². The van der Waals surface area contributed by atoms with E-state index in [1.165, 1.54) is 4.90 Å². The quantitative estimate of drug-likeness (QED) is 0.869. The third kappa shape index (κ3) is 2.74. The molecule has 0 N–H and O–H groups in total. The van der Waals surface area contributed by atoms with Gasteiger partial charge in [-0.15, -0.1) is 0 Å². The molecular formula is C17H17NO4. The van der Waals surface area contributed by atoms with Crippen LogP contribution in [0.2, 0.25) is 0 Å². The van der Waals surface area contributed by atoms with Gasteiger partial charge in [0, 0.05) is 12.8 Å². The molecule has 2 aromatic rings. The van der Waals surface area contributed by atoms with Crippen LogP contribution in [0.4, 0.5) is 4.79 Å². The average molecular weight is 299 g/mol. The fraction of sp³-hybridized carbons (Fsp3) is 0.294. The Morgan fingerprint density at radius 2 is 1.95 bits per heavy atom. The van der Waals surface area contributed by atoms with Crippen LogP contribution in [0.15, 0.2) is 53.1 Å². The van der Waals surface area contributed by atoms with Gasteiger partial charge in [0.15, 0.2) is 0 Å². The molecule has 22 heavy (non-hydrogen) atoms. The first-order valence-corrected chi connectivity index (χ1v) is 7.27. The van der Waals surface area contributed by atoms with Gasteiger partial charge in [0.2, 0.25) is 5.91 Å². The third-order valence-electron chi connectivity index (χ3n) is 3.83. The molecule has 1 aliphatic heterocycles. The molecule has 1 aromatic heterocycles. The number of benzene rings is 1. The summed E-state index contributed by atoms with van der Waals surface area (Å²) in [7, 11) is 0. The number of cyclic esters (lactones) is 1. The Morgan fingerprint density at radius 1 is 1.18 bits per heavy atom. The summed E-state index contributed by atoms with van der Waals surface area (Å²) in [5.74, 6) is 0.487. The van der Waals surface area contributed by atoms with Crippen LogP contribution in [0, 0.1) is 0 Å². The average Bonchev–Trinajstić information content (AvgIpc) is 3.14. The number of amides is 2. The molecule has 0 bridgehead atoms. The molecule has 0 saturated carbocycles. The normalized spacial score (nSPS) is 21.0. The third-order valence-corrected chi connectivity index (χ3v) is 3.83. The van der Waals surface area contributed by atoms with Crippen LogP contribution < -0.4 is 0 Å². The minimum Gasteiger partial charge on any atom is -0.469 e. The van der Waals surface area contributed by atoms with Crippen molar-refractivity contribution in [2.45, 2.75) is 31.9 Å². The van der Waals surface area contributed by atoms with Crippen molar-refractivity contribution in [1.29, 1.82) is 0 Å². The monoisotopic (exact) mass is 299 g/mol. The summed E-state index contributed by atoms with van der Waals surface area (Å²) in [6.45, 7) is 1.83. The maximum Gasteiger partial charge on any atom is 0.417 e. The van der Waals surface area contributed by atoms with Gasteiger partial charge < -0.3 is 9.15 Å². The van der Waals surface area contributed by atoms with Crippen LogP contribution >= 0.6 is 0 Å². The molecule has 3 rings (SSSR count). The smallest absolute Gasteiger partial charge is 0.417 e. The highest BCUT2D eigenvalue weighted by molar-refractivity contribution is 5.93. The fourth-order valence-electron chi connectivity index (χ4n) is 2.69. The number of hydrogen-bond donors (Lipinski definition) is 0. The molecule has 1 fully saturated rings. The van der Waals surface area contributed by atoms with E-state index in [1.54, 1.807) is 12.3 Å². The van der Waals surface area contributed by atoms with Crippen LogP contribution in [0.5, 0.6) is 0 Å². The van der Waals surface area contributed by atoms with Gasteiger partial charge >= 0.3 is 6.09 Å². The molecule has 5 nitrogen and oxygen atoms in total. The SMILES string of the molecule is C[C@H]1[C@@H](c2ccccc2)OC(=O)N1C(=O)CCc1ccco1. The Balaban J connectivity index is 1.68. The van der Waals surface area contributed by atoms with Crippen molar-refractivity contribution >= 4 is 12.0 Å². The molecule has 0 aliphatic carbocycles. The number of rotatable bonds is 4. The Bertz CT molecular complexity index is 651. The minimum atomic E-state index is -0.578. The first-order valence-electron chi connectivity index (χ1n) is 7.27.